The van der Waals surface area contributed by atoms with Gasteiger partial charge in [0.25, 0.3) is 0 Å². The third kappa shape index (κ3) is 4.93. The number of carboxylic acids is 1. The van der Waals surface area contributed by atoms with Gasteiger partial charge in [-0.15, -0.1) is 0 Å². The van der Waals surface area contributed by atoms with Gasteiger partial charge in [0.15, 0.2) is 0 Å². The number of amides is 1. The summed E-state index contributed by atoms with van der Waals surface area (Å²) in [6, 6.07) is 7.38. The zero-order valence-electron chi connectivity index (χ0n) is 14.9. The third-order valence-corrected chi connectivity index (χ3v) is 4.76. The van der Waals surface area contributed by atoms with E-state index in [1.165, 1.54) is 0 Å². The largest absolute Gasteiger partial charge is 0.480 e. The normalized spacial score (nSPS) is 18.4. The molecule has 0 radical (unpaired) electrons. The SMILES string of the molecule is CN(CC(=O)O)CC1CN(C(=O)C(C)(C)c2ccccc2Cl)CCO1. The molecule has 1 saturated heterocycles. The second-order valence-electron chi connectivity index (χ2n) is 6.94. The van der Waals surface area contributed by atoms with E-state index in [0.717, 1.165) is 5.56 Å². The number of hydrogen-bond acceptors (Lipinski definition) is 4. The Balaban J connectivity index is 2.06. The zero-order valence-corrected chi connectivity index (χ0v) is 15.6. The van der Waals surface area contributed by atoms with Gasteiger partial charge in [-0.05, 0) is 32.5 Å². The molecule has 0 spiro atoms. The number of morpholine rings is 1. The molecule has 1 fully saturated rings. The monoisotopic (exact) mass is 368 g/mol. The van der Waals surface area contributed by atoms with E-state index in [1.807, 2.05) is 32.0 Å². The van der Waals surface area contributed by atoms with Gasteiger partial charge in [0.05, 0.1) is 24.7 Å². The number of carbonyl (C=O) groups is 2. The lowest BCUT2D eigenvalue weighted by atomic mass is 9.83. The summed E-state index contributed by atoms with van der Waals surface area (Å²) in [4.78, 5) is 27.3. The molecule has 1 heterocycles. The van der Waals surface area contributed by atoms with Crippen LogP contribution in [0.2, 0.25) is 5.02 Å². The van der Waals surface area contributed by atoms with Crippen LogP contribution >= 0.6 is 11.6 Å². The fourth-order valence-electron chi connectivity index (χ4n) is 3.14. The Morgan fingerprint density at radius 3 is 2.72 bits per heavy atom. The molecule has 1 aromatic rings. The summed E-state index contributed by atoms with van der Waals surface area (Å²) < 4.78 is 5.70. The Morgan fingerprint density at radius 2 is 2.08 bits per heavy atom. The number of aliphatic carboxylic acids is 1. The highest BCUT2D eigenvalue weighted by atomic mass is 35.5. The zero-order chi connectivity index (χ0) is 18.6. The van der Waals surface area contributed by atoms with Gasteiger partial charge in [-0.1, -0.05) is 29.8 Å². The number of benzene rings is 1. The van der Waals surface area contributed by atoms with Crippen LogP contribution in [0.1, 0.15) is 19.4 Å². The number of likely N-dealkylation sites (N-methyl/N-ethyl adjacent to an activating group) is 1. The first kappa shape index (κ1) is 19.7. The molecule has 2 rings (SSSR count). The Kier molecular flexibility index (Phi) is 6.43. The Hall–Kier alpha value is -1.63. The Labute approximate surface area is 153 Å². The molecule has 0 bridgehead atoms. The smallest absolute Gasteiger partial charge is 0.317 e. The summed E-state index contributed by atoms with van der Waals surface area (Å²) in [6.45, 7) is 5.55. The average Bonchev–Trinajstić information content (AvgIpc) is 2.53. The van der Waals surface area contributed by atoms with Crippen molar-refractivity contribution in [1.82, 2.24) is 9.80 Å². The van der Waals surface area contributed by atoms with Crippen LogP contribution in [0.4, 0.5) is 0 Å². The van der Waals surface area contributed by atoms with E-state index in [-0.39, 0.29) is 18.6 Å². The molecule has 7 heteroatoms. The molecule has 25 heavy (non-hydrogen) atoms. The van der Waals surface area contributed by atoms with Crippen LogP contribution in [0, 0.1) is 0 Å². The van der Waals surface area contributed by atoms with Gasteiger partial charge in [-0.25, -0.2) is 0 Å². The van der Waals surface area contributed by atoms with E-state index in [2.05, 4.69) is 0 Å². The predicted molar refractivity (Wildman–Crippen MR) is 95.9 cm³/mol. The molecule has 1 unspecified atom stereocenters. The van der Waals surface area contributed by atoms with Crippen LogP contribution in [0.25, 0.3) is 0 Å². The lowest BCUT2D eigenvalue weighted by Crippen LogP contribution is -2.53. The minimum atomic E-state index is -0.883. The lowest BCUT2D eigenvalue weighted by Gasteiger charge is -2.39. The van der Waals surface area contributed by atoms with Crippen molar-refractivity contribution in [3.8, 4) is 0 Å². The third-order valence-electron chi connectivity index (χ3n) is 4.43. The van der Waals surface area contributed by atoms with Crippen molar-refractivity contribution < 1.29 is 19.4 Å². The molecule has 1 aromatic carbocycles. The van der Waals surface area contributed by atoms with Crippen molar-refractivity contribution >= 4 is 23.5 Å². The number of halogens is 1. The maximum absolute atomic E-state index is 13.1. The summed E-state index contributed by atoms with van der Waals surface area (Å²) in [6.07, 6.45) is -0.205. The van der Waals surface area contributed by atoms with Crippen LogP contribution in [0.5, 0.6) is 0 Å². The molecule has 0 saturated carbocycles. The first-order valence-corrected chi connectivity index (χ1v) is 8.66. The highest BCUT2D eigenvalue weighted by molar-refractivity contribution is 6.31. The number of carboxylic acid groups (broad SMARTS) is 1. The van der Waals surface area contributed by atoms with Crippen molar-refractivity contribution in [3.05, 3.63) is 34.9 Å². The van der Waals surface area contributed by atoms with Crippen LogP contribution in [0.3, 0.4) is 0 Å². The first-order chi connectivity index (χ1) is 11.7. The molecular weight excluding hydrogens is 344 g/mol. The average molecular weight is 369 g/mol. The molecule has 6 nitrogen and oxygen atoms in total. The van der Waals surface area contributed by atoms with Crippen molar-refractivity contribution in [2.24, 2.45) is 0 Å². The van der Waals surface area contributed by atoms with Gasteiger partial charge in [-0.2, -0.15) is 0 Å². The summed E-state index contributed by atoms with van der Waals surface area (Å²) in [7, 11) is 1.73. The highest BCUT2D eigenvalue weighted by Gasteiger charge is 2.37. The van der Waals surface area contributed by atoms with Crippen molar-refractivity contribution in [2.45, 2.75) is 25.4 Å². The van der Waals surface area contributed by atoms with E-state index < -0.39 is 11.4 Å². The fraction of sp³-hybridized carbons (Fsp3) is 0.556. The van der Waals surface area contributed by atoms with Gasteiger partial charge >= 0.3 is 5.97 Å². The molecule has 1 N–H and O–H groups in total. The predicted octanol–water partition coefficient (Wildman–Crippen LogP) is 1.86. The number of carbonyl (C=O) groups excluding carboxylic acids is 1. The van der Waals surface area contributed by atoms with Gasteiger partial charge in [0.1, 0.15) is 0 Å². The first-order valence-electron chi connectivity index (χ1n) is 8.28. The van der Waals surface area contributed by atoms with E-state index in [1.54, 1.807) is 22.9 Å². The Morgan fingerprint density at radius 1 is 1.40 bits per heavy atom. The molecule has 1 aliphatic heterocycles. The number of rotatable bonds is 6. The molecule has 1 atom stereocenters. The van der Waals surface area contributed by atoms with E-state index in [9.17, 15) is 9.59 Å². The van der Waals surface area contributed by atoms with Crippen LogP contribution in [0.15, 0.2) is 24.3 Å². The number of nitrogens with zero attached hydrogens (tertiary/aromatic N) is 2. The molecular formula is C18H25ClN2O4. The number of ether oxygens (including phenoxy) is 1. The van der Waals surface area contributed by atoms with Crippen molar-refractivity contribution in [1.29, 1.82) is 0 Å². The van der Waals surface area contributed by atoms with Crippen LogP contribution in [-0.2, 0) is 19.7 Å². The second kappa shape index (κ2) is 8.17. The van der Waals surface area contributed by atoms with Crippen LogP contribution < -0.4 is 0 Å². The lowest BCUT2D eigenvalue weighted by molar-refractivity contribution is -0.146. The van der Waals surface area contributed by atoms with Gasteiger partial charge < -0.3 is 14.7 Å². The minimum Gasteiger partial charge on any atom is -0.480 e. The molecule has 0 aromatic heterocycles. The van der Waals surface area contributed by atoms with Gasteiger partial charge in [0.2, 0.25) is 5.91 Å². The molecule has 1 aliphatic rings. The van der Waals surface area contributed by atoms with Gasteiger partial charge in [-0.3, -0.25) is 14.5 Å². The second-order valence-corrected chi connectivity index (χ2v) is 7.35. The standard InChI is InChI=1S/C18H25ClN2O4/c1-18(2,14-6-4-5-7-15(14)19)17(24)21-8-9-25-13(11-21)10-20(3)12-16(22)23/h4-7,13H,8-12H2,1-3H3,(H,22,23). The van der Waals surface area contributed by atoms with Crippen molar-refractivity contribution in [3.63, 3.8) is 0 Å². The topological polar surface area (TPSA) is 70.1 Å². The summed E-state index contributed by atoms with van der Waals surface area (Å²) in [5.74, 6) is -0.888. The summed E-state index contributed by atoms with van der Waals surface area (Å²) in [5.41, 5.74) is 0.0559. The maximum Gasteiger partial charge on any atom is 0.317 e. The van der Waals surface area contributed by atoms with Crippen LogP contribution in [-0.4, -0.2) is 72.7 Å². The molecule has 0 aliphatic carbocycles. The molecule has 1 amide bonds. The number of hydrogen-bond donors (Lipinski definition) is 1. The molecule has 138 valence electrons. The highest BCUT2D eigenvalue weighted by Crippen LogP contribution is 2.32. The quantitative estimate of drug-likeness (QED) is 0.830. The Bertz CT molecular complexity index is 635. The minimum absolute atomic E-state index is 0.00483. The van der Waals surface area contributed by atoms with Gasteiger partial charge in [0, 0.05) is 24.7 Å². The van der Waals surface area contributed by atoms with Crippen molar-refractivity contribution in [2.75, 3.05) is 39.8 Å². The maximum atomic E-state index is 13.1. The van der Waals surface area contributed by atoms with E-state index >= 15 is 0 Å². The van der Waals surface area contributed by atoms with E-state index in [0.29, 0.717) is 31.3 Å². The summed E-state index contributed by atoms with van der Waals surface area (Å²) in [5, 5.41) is 9.43. The van der Waals surface area contributed by atoms with E-state index in [4.69, 9.17) is 21.4 Å². The summed E-state index contributed by atoms with van der Waals surface area (Å²) >= 11 is 6.28. The fourth-order valence-corrected chi connectivity index (χ4v) is 3.51.